The van der Waals surface area contributed by atoms with Gasteiger partial charge in [0.15, 0.2) is 6.61 Å². The van der Waals surface area contributed by atoms with Gasteiger partial charge < -0.3 is 15.2 Å². The Morgan fingerprint density at radius 3 is 2.90 bits per heavy atom. The second-order valence-electron chi connectivity index (χ2n) is 3.99. The van der Waals surface area contributed by atoms with Crippen LogP contribution in [0.4, 0.5) is 5.82 Å². The number of nitrogens with zero attached hydrogens (tertiary/aromatic N) is 2. The highest BCUT2D eigenvalue weighted by atomic mass is 35.5. The third kappa shape index (κ3) is 4.09. The highest BCUT2D eigenvalue weighted by Gasteiger charge is 2.08. The molecule has 1 heterocycles. The molecule has 1 aromatic heterocycles. The van der Waals surface area contributed by atoms with Crippen molar-refractivity contribution in [1.82, 2.24) is 4.98 Å². The van der Waals surface area contributed by atoms with E-state index in [4.69, 9.17) is 21.6 Å². The molecule has 106 valence electrons. The molecule has 0 saturated heterocycles. The highest BCUT2D eigenvalue weighted by molar-refractivity contribution is 6.30. The van der Waals surface area contributed by atoms with E-state index in [0.29, 0.717) is 10.8 Å². The number of aromatic nitrogens is 1. The number of carbonyl (C=O) groups is 1. The van der Waals surface area contributed by atoms with E-state index in [0.717, 1.165) is 0 Å². The molecule has 0 fully saturated rings. The molecule has 0 aliphatic rings. The normalized spacial score (nSPS) is 9.71. The van der Waals surface area contributed by atoms with E-state index in [1.54, 1.807) is 12.1 Å². The van der Waals surface area contributed by atoms with Crippen LogP contribution in [0.2, 0.25) is 5.02 Å². The maximum Gasteiger partial charge on any atom is 0.263 e. The van der Waals surface area contributed by atoms with Gasteiger partial charge in [-0.1, -0.05) is 11.6 Å². The number of nitriles is 1. The number of benzene rings is 1. The van der Waals surface area contributed by atoms with Crippen molar-refractivity contribution in [2.75, 3.05) is 11.9 Å². The van der Waals surface area contributed by atoms with E-state index in [2.05, 4.69) is 10.3 Å². The third-order valence-corrected chi connectivity index (χ3v) is 2.66. The number of hydrogen-bond donors (Lipinski definition) is 2. The predicted molar refractivity (Wildman–Crippen MR) is 76.2 cm³/mol. The van der Waals surface area contributed by atoms with Gasteiger partial charge in [-0.05, 0) is 24.3 Å². The molecule has 2 rings (SSSR count). The van der Waals surface area contributed by atoms with Crippen molar-refractivity contribution in [3.63, 3.8) is 0 Å². The van der Waals surface area contributed by atoms with Crippen LogP contribution in [0.1, 0.15) is 5.56 Å². The number of nitrogens with one attached hydrogen (secondary N) is 1. The number of hydrogen-bond acceptors (Lipinski definition) is 5. The number of halogens is 1. The summed E-state index contributed by atoms with van der Waals surface area (Å²) < 4.78 is 5.24. The van der Waals surface area contributed by atoms with Crippen molar-refractivity contribution in [1.29, 1.82) is 5.26 Å². The number of pyridine rings is 1. The second-order valence-corrected chi connectivity index (χ2v) is 4.43. The van der Waals surface area contributed by atoms with Gasteiger partial charge >= 0.3 is 0 Å². The van der Waals surface area contributed by atoms with Crippen LogP contribution in [0, 0.1) is 11.3 Å². The third-order valence-electron chi connectivity index (χ3n) is 2.44. The van der Waals surface area contributed by atoms with Crippen molar-refractivity contribution < 1.29 is 14.6 Å². The van der Waals surface area contributed by atoms with Gasteiger partial charge in [-0.2, -0.15) is 5.26 Å². The molecule has 7 heteroatoms. The number of anilines is 1. The Labute approximate surface area is 125 Å². The van der Waals surface area contributed by atoms with Gasteiger partial charge in [-0.3, -0.25) is 4.79 Å². The van der Waals surface area contributed by atoms with Gasteiger partial charge in [-0.15, -0.1) is 0 Å². The van der Waals surface area contributed by atoms with Crippen LogP contribution in [-0.2, 0) is 4.79 Å². The summed E-state index contributed by atoms with van der Waals surface area (Å²) in [5, 5.41) is 21.2. The Kier molecular flexibility index (Phi) is 4.59. The summed E-state index contributed by atoms with van der Waals surface area (Å²) >= 11 is 5.68. The smallest absolute Gasteiger partial charge is 0.263 e. The molecule has 2 aromatic rings. The molecular weight excluding hydrogens is 294 g/mol. The lowest BCUT2D eigenvalue weighted by Crippen LogP contribution is -2.20. The molecule has 0 spiro atoms. The summed E-state index contributed by atoms with van der Waals surface area (Å²) in [6, 6.07) is 9.07. The lowest BCUT2D eigenvalue weighted by atomic mass is 10.2. The Balaban J connectivity index is 1.95. The zero-order chi connectivity index (χ0) is 15.2. The van der Waals surface area contributed by atoms with Crippen LogP contribution in [-0.4, -0.2) is 22.6 Å². The van der Waals surface area contributed by atoms with Crippen LogP contribution in [0.25, 0.3) is 0 Å². The minimum Gasteiger partial charge on any atom is -0.508 e. The zero-order valence-corrected chi connectivity index (χ0v) is 11.5. The molecule has 0 saturated carbocycles. The standard InChI is InChI=1S/C14H10ClN3O3/c15-10-1-4-13(17-7-10)18-14(20)8-21-12-3-2-11(19)5-9(12)6-16/h1-5,7,19H,8H2,(H,17,18,20). The number of amides is 1. The van der Waals surface area contributed by atoms with E-state index in [9.17, 15) is 9.90 Å². The van der Waals surface area contributed by atoms with Gasteiger partial charge in [0, 0.05) is 12.3 Å². The molecule has 1 amide bonds. The van der Waals surface area contributed by atoms with Gasteiger partial charge in [0.2, 0.25) is 0 Å². The van der Waals surface area contributed by atoms with Crippen molar-refractivity contribution in [3.05, 3.63) is 47.1 Å². The molecule has 0 aliphatic heterocycles. The number of aromatic hydroxyl groups is 1. The maximum atomic E-state index is 11.7. The first-order chi connectivity index (χ1) is 10.1. The van der Waals surface area contributed by atoms with E-state index >= 15 is 0 Å². The summed E-state index contributed by atoms with van der Waals surface area (Å²) in [6.45, 7) is -0.288. The molecule has 21 heavy (non-hydrogen) atoms. The van der Waals surface area contributed by atoms with Gasteiger partial charge in [-0.25, -0.2) is 4.98 Å². The van der Waals surface area contributed by atoms with Crippen LogP contribution >= 0.6 is 11.6 Å². The number of ether oxygens (including phenoxy) is 1. The molecule has 0 unspecified atom stereocenters. The van der Waals surface area contributed by atoms with E-state index < -0.39 is 5.91 Å². The summed E-state index contributed by atoms with van der Waals surface area (Å²) in [7, 11) is 0. The molecule has 1 aromatic carbocycles. The van der Waals surface area contributed by atoms with Gasteiger partial charge in [0.05, 0.1) is 10.6 Å². The lowest BCUT2D eigenvalue weighted by Gasteiger charge is -2.08. The summed E-state index contributed by atoms with van der Waals surface area (Å²) in [5.41, 5.74) is 0.146. The van der Waals surface area contributed by atoms with Crippen LogP contribution in [0.3, 0.4) is 0 Å². The van der Waals surface area contributed by atoms with Crippen molar-refractivity contribution in [3.8, 4) is 17.6 Å². The minimum absolute atomic E-state index is 0.0475. The molecule has 6 nitrogen and oxygen atoms in total. The minimum atomic E-state index is -0.429. The van der Waals surface area contributed by atoms with Crippen LogP contribution < -0.4 is 10.1 Å². The summed E-state index contributed by atoms with van der Waals surface area (Å²) in [4.78, 5) is 15.6. The number of rotatable bonds is 4. The average Bonchev–Trinajstić information content (AvgIpc) is 2.48. The lowest BCUT2D eigenvalue weighted by molar-refractivity contribution is -0.118. The monoisotopic (exact) mass is 303 g/mol. The zero-order valence-electron chi connectivity index (χ0n) is 10.7. The van der Waals surface area contributed by atoms with Crippen molar-refractivity contribution >= 4 is 23.3 Å². The number of carbonyl (C=O) groups excluding carboxylic acids is 1. The summed E-state index contributed by atoms with van der Waals surface area (Å²) in [5.74, 6) is 0.0873. The van der Waals surface area contributed by atoms with Crippen LogP contribution in [0.5, 0.6) is 11.5 Å². The quantitative estimate of drug-likeness (QED) is 0.903. The van der Waals surface area contributed by atoms with E-state index in [1.807, 2.05) is 6.07 Å². The largest absolute Gasteiger partial charge is 0.508 e. The molecule has 0 radical (unpaired) electrons. The fraction of sp³-hybridized carbons (Fsp3) is 0.0714. The Hall–Kier alpha value is -2.78. The first-order valence-electron chi connectivity index (χ1n) is 5.86. The molecule has 0 bridgehead atoms. The second kappa shape index (κ2) is 6.59. The van der Waals surface area contributed by atoms with Crippen LogP contribution in [0.15, 0.2) is 36.5 Å². The Morgan fingerprint density at radius 2 is 2.24 bits per heavy atom. The predicted octanol–water partition coefficient (Wildman–Crippen LogP) is 2.33. The average molecular weight is 304 g/mol. The van der Waals surface area contributed by atoms with E-state index in [-0.39, 0.29) is 23.7 Å². The first-order valence-corrected chi connectivity index (χ1v) is 6.23. The fourth-order valence-corrected chi connectivity index (χ4v) is 1.61. The van der Waals surface area contributed by atoms with Crippen molar-refractivity contribution in [2.45, 2.75) is 0 Å². The SMILES string of the molecule is N#Cc1cc(O)ccc1OCC(=O)Nc1ccc(Cl)cn1. The number of phenols is 1. The maximum absolute atomic E-state index is 11.7. The van der Waals surface area contributed by atoms with Gasteiger partial charge in [0.25, 0.3) is 5.91 Å². The van der Waals surface area contributed by atoms with Crippen molar-refractivity contribution in [2.24, 2.45) is 0 Å². The summed E-state index contributed by atoms with van der Waals surface area (Å²) in [6.07, 6.45) is 1.41. The topological polar surface area (TPSA) is 95.2 Å². The molecule has 2 N–H and O–H groups in total. The molecule has 0 atom stereocenters. The fourth-order valence-electron chi connectivity index (χ4n) is 1.50. The first kappa shape index (κ1) is 14.6. The van der Waals surface area contributed by atoms with Gasteiger partial charge in [0.1, 0.15) is 23.4 Å². The molecule has 0 aliphatic carbocycles. The Bertz CT molecular complexity index is 696. The molecular formula is C14H10ClN3O3. The van der Waals surface area contributed by atoms with E-state index in [1.165, 1.54) is 24.4 Å². The Morgan fingerprint density at radius 1 is 1.43 bits per heavy atom. The highest BCUT2D eigenvalue weighted by Crippen LogP contribution is 2.22. The number of phenolic OH excluding ortho intramolecular Hbond substituents is 1.